The van der Waals surface area contributed by atoms with E-state index in [9.17, 15) is 4.79 Å². The first-order chi connectivity index (χ1) is 7.13. The minimum Gasteiger partial charge on any atom is -0.356 e. The van der Waals surface area contributed by atoms with Crippen LogP contribution in [-0.2, 0) is 0 Å². The molecule has 0 aromatic carbocycles. The fourth-order valence-electron chi connectivity index (χ4n) is 1.36. The van der Waals surface area contributed by atoms with Gasteiger partial charge in [0.05, 0.1) is 5.69 Å². The third-order valence-electron chi connectivity index (χ3n) is 2.18. The molecule has 0 radical (unpaired) electrons. The molecule has 15 heavy (non-hydrogen) atoms. The zero-order chi connectivity index (χ0) is 11.4. The molecule has 1 heterocycles. The number of nitrogens with one attached hydrogen (secondary N) is 1. The number of aryl methyl sites for hydroxylation is 1. The zero-order valence-electron chi connectivity index (χ0n) is 8.46. The average Bonchev–Trinajstić information content (AvgIpc) is 2.51. The van der Waals surface area contributed by atoms with E-state index < -0.39 is 0 Å². The molecule has 0 spiro atoms. The van der Waals surface area contributed by atoms with Crippen LogP contribution in [0.4, 0.5) is 0 Å². The van der Waals surface area contributed by atoms with E-state index in [-0.39, 0.29) is 5.57 Å². The second-order valence-corrected chi connectivity index (χ2v) is 3.10. The van der Waals surface area contributed by atoms with E-state index in [0.29, 0.717) is 5.69 Å². The summed E-state index contributed by atoms with van der Waals surface area (Å²) < 4.78 is 0. The number of aldehydes is 1. The number of H-pyrrole nitrogens is 1. The van der Waals surface area contributed by atoms with Crippen molar-refractivity contribution in [1.82, 2.24) is 4.98 Å². The van der Waals surface area contributed by atoms with Crippen molar-refractivity contribution in [3.8, 4) is 12.1 Å². The van der Waals surface area contributed by atoms with Crippen LogP contribution in [0.25, 0.3) is 6.08 Å². The summed E-state index contributed by atoms with van der Waals surface area (Å²) in [5.74, 6) is 0. The number of aromatic nitrogens is 1. The Balaban J connectivity index is 3.35. The van der Waals surface area contributed by atoms with E-state index in [1.54, 1.807) is 26.0 Å². The second-order valence-electron chi connectivity index (χ2n) is 3.10. The van der Waals surface area contributed by atoms with Crippen molar-refractivity contribution in [2.75, 3.05) is 0 Å². The van der Waals surface area contributed by atoms with E-state index in [1.807, 2.05) is 0 Å². The van der Waals surface area contributed by atoms with Crippen molar-refractivity contribution in [2.45, 2.75) is 13.8 Å². The Hall–Kier alpha value is -2.33. The predicted molar refractivity (Wildman–Crippen MR) is 54.9 cm³/mol. The molecule has 0 saturated heterocycles. The molecule has 0 aliphatic rings. The minimum absolute atomic E-state index is 0.0256. The highest BCUT2D eigenvalue weighted by molar-refractivity contribution is 5.79. The van der Waals surface area contributed by atoms with E-state index in [0.717, 1.165) is 23.1 Å². The van der Waals surface area contributed by atoms with Crippen LogP contribution in [0, 0.1) is 36.5 Å². The quantitative estimate of drug-likeness (QED) is 0.583. The maximum absolute atomic E-state index is 10.6. The van der Waals surface area contributed by atoms with Gasteiger partial charge < -0.3 is 4.98 Å². The van der Waals surface area contributed by atoms with Crippen LogP contribution >= 0.6 is 0 Å². The molecular formula is C11H9N3O. The number of nitrogens with zero attached hydrogens (tertiary/aromatic N) is 2. The zero-order valence-corrected chi connectivity index (χ0v) is 8.46. The number of aromatic amines is 1. The highest BCUT2D eigenvalue weighted by Gasteiger charge is 2.09. The van der Waals surface area contributed by atoms with Gasteiger partial charge in [0.1, 0.15) is 17.7 Å². The molecule has 1 aromatic rings. The number of carbonyl (C=O) groups excluding carboxylic acids is 1. The lowest BCUT2D eigenvalue weighted by Crippen LogP contribution is -1.82. The standard InChI is InChI=1S/C11H9N3O/c1-7-10(3-9(4-12)5-13)8(2)14-11(7)6-15/h3,6,14H,1-2H3. The van der Waals surface area contributed by atoms with Crippen LogP contribution in [0.1, 0.15) is 27.3 Å². The van der Waals surface area contributed by atoms with Gasteiger partial charge in [-0.15, -0.1) is 0 Å². The molecule has 1 rings (SSSR count). The van der Waals surface area contributed by atoms with Crippen LogP contribution in [0.5, 0.6) is 0 Å². The Morgan fingerprint density at radius 1 is 1.33 bits per heavy atom. The summed E-state index contributed by atoms with van der Waals surface area (Å²) in [6.45, 7) is 3.56. The first kappa shape index (κ1) is 10.7. The maximum Gasteiger partial charge on any atom is 0.166 e. The van der Waals surface area contributed by atoms with Crippen molar-refractivity contribution in [3.63, 3.8) is 0 Å². The lowest BCUT2D eigenvalue weighted by atomic mass is 10.1. The predicted octanol–water partition coefficient (Wildman–Crippen LogP) is 1.87. The van der Waals surface area contributed by atoms with Gasteiger partial charge in [-0.3, -0.25) is 4.79 Å². The van der Waals surface area contributed by atoms with E-state index in [1.165, 1.54) is 6.08 Å². The number of hydrogen-bond acceptors (Lipinski definition) is 3. The number of carbonyl (C=O) groups is 1. The number of allylic oxidation sites excluding steroid dienone is 1. The van der Waals surface area contributed by atoms with Gasteiger partial charge in [0.25, 0.3) is 0 Å². The molecule has 0 unspecified atom stereocenters. The summed E-state index contributed by atoms with van der Waals surface area (Å²) in [4.78, 5) is 13.5. The smallest absolute Gasteiger partial charge is 0.166 e. The van der Waals surface area contributed by atoms with Gasteiger partial charge >= 0.3 is 0 Å². The van der Waals surface area contributed by atoms with Crippen molar-refractivity contribution in [2.24, 2.45) is 0 Å². The molecular weight excluding hydrogens is 190 g/mol. The summed E-state index contributed by atoms with van der Waals surface area (Å²) in [5, 5.41) is 17.2. The van der Waals surface area contributed by atoms with Crippen molar-refractivity contribution in [1.29, 1.82) is 10.5 Å². The molecule has 0 saturated carbocycles. The first-order valence-corrected chi connectivity index (χ1v) is 4.30. The highest BCUT2D eigenvalue weighted by Crippen LogP contribution is 2.19. The molecule has 1 N–H and O–H groups in total. The monoisotopic (exact) mass is 199 g/mol. The van der Waals surface area contributed by atoms with Gasteiger partial charge in [0.15, 0.2) is 6.29 Å². The van der Waals surface area contributed by atoms with Gasteiger partial charge in [-0.2, -0.15) is 10.5 Å². The van der Waals surface area contributed by atoms with E-state index in [4.69, 9.17) is 10.5 Å². The normalized spacial score (nSPS) is 8.80. The molecule has 0 fully saturated rings. The van der Waals surface area contributed by atoms with E-state index in [2.05, 4.69) is 4.98 Å². The summed E-state index contributed by atoms with van der Waals surface area (Å²) in [5.41, 5.74) is 2.77. The van der Waals surface area contributed by atoms with Crippen LogP contribution in [0.15, 0.2) is 5.57 Å². The van der Waals surface area contributed by atoms with Crippen molar-refractivity contribution < 1.29 is 4.79 Å². The van der Waals surface area contributed by atoms with Crippen LogP contribution in [0.2, 0.25) is 0 Å². The Kier molecular flexibility index (Phi) is 3.05. The highest BCUT2D eigenvalue weighted by atomic mass is 16.1. The van der Waals surface area contributed by atoms with Crippen LogP contribution in [0.3, 0.4) is 0 Å². The minimum atomic E-state index is 0.0256. The maximum atomic E-state index is 10.6. The largest absolute Gasteiger partial charge is 0.356 e. The molecule has 0 bridgehead atoms. The number of nitriles is 2. The fourth-order valence-corrected chi connectivity index (χ4v) is 1.36. The van der Waals surface area contributed by atoms with Crippen molar-refractivity contribution >= 4 is 12.4 Å². The molecule has 0 aliphatic carbocycles. The average molecular weight is 199 g/mol. The Labute approximate surface area is 87.5 Å². The third-order valence-corrected chi connectivity index (χ3v) is 2.18. The Bertz CT molecular complexity index is 493. The van der Waals surface area contributed by atoms with Gasteiger partial charge in [0.2, 0.25) is 0 Å². The Morgan fingerprint density at radius 2 is 1.93 bits per heavy atom. The number of rotatable bonds is 2. The fraction of sp³-hybridized carbons (Fsp3) is 0.182. The van der Waals surface area contributed by atoms with Gasteiger partial charge in [0, 0.05) is 11.3 Å². The first-order valence-electron chi connectivity index (χ1n) is 4.30. The summed E-state index contributed by atoms with van der Waals surface area (Å²) in [6.07, 6.45) is 2.20. The van der Waals surface area contributed by atoms with Crippen LogP contribution < -0.4 is 0 Å². The van der Waals surface area contributed by atoms with Gasteiger partial charge in [-0.25, -0.2) is 0 Å². The van der Waals surface area contributed by atoms with Gasteiger partial charge in [-0.05, 0) is 25.5 Å². The van der Waals surface area contributed by atoms with Crippen LogP contribution in [-0.4, -0.2) is 11.3 Å². The summed E-state index contributed by atoms with van der Waals surface area (Å²) in [6, 6.07) is 3.56. The molecule has 1 aromatic heterocycles. The molecule has 0 aliphatic heterocycles. The molecule has 4 nitrogen and oxygen atoms in total. The van der Waals surface area contributed by atoms with E-state index >= 15 is 0 Å². The van der Waals surface area contributed by atoms with Gasteiger partial charge in [-0.1, -0.05) is 0 Å². The lowest BCUT2D eigenvalue weighted by Gasteiger charge is -1.92. The Morgan fingerprint density at radius 3 is 2.33 bits per heavy atom. The summed E-state index contributed by atoms with van der Waals surface area (Å²) >= 11 is 0. The second kappa shape index (κ2) is 4.26. The third kappa shape index (κ3) is 1.95. The summed E-state index contributed by atoms with van der Waals surface area (Å²) in [7, 11) is 0. The van der Waals surface area contributed by atoms with Crippen molar-refractivity contribution in [3.05, 3.63) is 28.1 Å². The molecule has 0 atom stereocenters. The topological polar surface area (TPSA) is 80.4 Å². The molecule has 0 amide bonds. The molecule has 4 heteroatoms. The SMILES string of the molecule is Cc1[nH]c(C=O)c(C)c1C=C(C#N)C#N. The lowest BCUT2D eigenvalue weighted by molar-refractivity contribution is 0.111. The molecule has 74 valence electrons. The number of hydrogen-bond donors (Lipinski definition) is 1.